The molecule has 0 fully saturated rings. The van der Waals surface area contributed by atoms with Crippen LogP contribution in [0.1, 0.15) is 28.3 Å². The predicted molar refractivity (Wildman–Crippen MR) is 205 cm³/mol. The Hall–Kier alpha value is -6.15. The largest absolute Gasteiger partial charge is 0.497 e. The lowest BCUT2D eigenvalue weighted by Gasteiger charge is -2.37. The van der Waals surface area contributed by atoms with E-state index < -0.39 is 29.6 Å². The average molecular weight is 776 g/mol. The highest BCUT2D eigenvalue weighted by atomic mass is 19.1. The highest BCUT2D eigenvalue weighted by Crippen LogP contribution is 2.45. The minimum Gasteiger partial charge on any atom is -0.497 e. The van der Waals surface area contributed by atoms with E-state index in [0.29, 0.717) is 63.7 Å². The van der Waals surface area contributed by atoms with Crippen LogP contribution in [-0.4, -0.2) is 82.5 Å². The Morgan fingerprint density at radius 1 is 0.768 bits per heavy atom. The molecular formula is C42H46FNO12. The molecule has 3 atom stereocenters. The summed E-state index contributed by atoms with van der Waals surface area (Å²) in [5.41, 5.74) is 2.27. The van der Waals surface area contributed by atoms with Gasteiger partial charge in [0.2, 0.25) is 18.3 Å². The third-order valence-electron chi connectivity index (χ3n) is 9.54. The Kier molecular flexibility index (Phi) is 13.9. The summed E-state index contributed by atoms with van der Waals surface area (Å²) in [6, 6.07) is 16.1. The Morgan fingerprint density at radius 3 is 1.91 bits per heavy atom. The number of hydrogen-bond donors (Lipinski definition) is 1. The Morgan fingerprint density at radius 2 is 1.38 bits per heavy atom. The summed E-state index contributed by atoms with van der Waals surface area (Å²) in [7, 11) is 12.2. The average Bonchev–Trinajstić information content (AvgIpc) is 3.69. The van der Waals surface area contributed by atoms with Gasteiger partial charge in [-0.2, -0.15) is 0 Å². The molecule has 0 saturated heterocycles. The van der Waals surface area contributed by atoms with Gasteiger partial charge in [0.15, 0.2) is 34.5 Å². The molecule has 1 unspecified atom stereocenters. The molecule has 14 heteroatoms. The fraction of sp³-hybridized carbons (Fsp3) is 0.333. The molecule has 1 aliphatic carbocycles. The molecule has 1 heterocycles. The molecular weight excluding hydrogens is 729 g/mol. The van der Waals surface area contributed by atoms with Gasteiger partial charge in [-0.25, -0.2) is 4.39 Å². The summed E-state index contributed by atoms with van der Waals surface area (Å²) in [4.78, 5) is 26.6. The number of methoxy groups -OCH3 is 8. The van der Waals surface area contributed by atoms with Gasteiger partial charge in [0.05, 0.1) is 62.4 Å². The SMILES string of the molecule is COCC1[C@H](C=O)Cc2cc3c(cc2[C@H]1NC(=O)/C(=C/c1ccc(OC)cc1F)c1cc(OC)c(OC)c(OC)c1)OCO3.COc1cccc(OC)c1OC. The third-order valence-corrected chi connectivity index (χ3v) is 9.54. The van der Waals surface area contributed by atoms with E-state index in [0.717, 1.165) is 17.4 Å². The number of fused-ring (bicyclic) bond motifs is 2. The zero-order valence-electron chi connectivity index (χ0n) is 32.6. The maximum absolute atomic E-state index is 15.2. The van der Waals surface area contributed by atoms with Crippen LogP contribution >= 0.6 is 0 Å². The summed E-state index contributed by atoms with van der Waals surface area (Å²) in [5, 5.41) is 3.13. The zero-order valence-corrected chi connectivity index (χ0v) is 32.6. The Bertz CT molecular complexity index is 2000. The normalized spacial score (nSPS) is 16.7. The minimum atomic E-state index is -0.651. The van der Waals surface area contributed by atoms with Crippen LogP contribution < -0.4 is 47.9 Å². The van der Waals surface area contributed by atoms with Gasteiger partial charge in [-0.1, -0.05) is 6.07 Å². The standard InChI is InChI=1S/C33H34FNO9.C9H12O3/c1-38-16-25-21(15-36)8-19-10-27-28(44-17-43-27)14-23(19)31(25)35-33(37)24(9-18-6-7-22(39-2)13-26(18)34)20-11-29(40-3)32(42-5)30(12-20)41-4;1-10-7-5-4-6-8(11-2)9(7)12-3/h6-7,9-15,21,25,31H,8,16-17H2,1-5H3,(H,35,37);4-6H,1-3H3/b24-9+;/t21-,25?,31+;/m0./s1. The van der Waals surface area contributed by atoms with Crippen molar-refractivity contribution in [3.05, 3.63) is 88.7 Å². The first-order valence-electron chi connectivity index (χ1n) is 17.5. The molecule has 0 bridgehead atoms. The Balaban J connectivity index is 0.000000427. The molecule has 4 aromatic carbocycles. The van der Waals surface area contributed by atoms with Crippen molar-refractivity contribution in [3.63, 3.8) is 0 Å². The first-order valence-corrected chi connectivity index (χ1v) is 17.5. The number of rotatable bonds is 14. The molecule has 6 rings (SSSR count). The van der Waals surface area contributed by atoms with Crippen molar-refractivity contribution in [2.24, 2.45) is 11.8 Å². The summed E-state index contributed by atoms with van der Waals surface area (Å²) in [6.07, 6.45) is 2.78. The lowest BCUT2D eigenvalue weighted by molar-refractivity contribution is -0.119. The number of hydrogen-bond acceptors (Lipinski definition) is 12. The number of nitrogens with one attached hydrogen (secondary N) is 1. The molecule has 0 radical (unpaired) electrons. The lowest BCUT2D eigenvalue weighted by atomic mass is 9.73. The second-order valence-electron chi connectivity index (χ2n) is 12.5. The van der Waals surface area contributed by atoms with Gasteiger partial charge >= 0.3 is 0 Å². The fourth-order valence-electron chi connectivity index (χ4n) is 6.76. The molecule has 298 valence electrons. The molecule has 1 aliphatic heterocycles. The van der Waals surface area contributed by atoms with Gasteiger partial charge in [-0.15, -0.1) is 0 Å². The van der Waals surface area contributed by atoms with Gasteiger partial charge < -0.3 is 57.5 Å². The minimum absolute atomic E-state index is 0.0787. The van der Waals surface area contributed by atoms with Crippen molar-refractivity contribution in [2.45, 2.75) is 12.5 Å². The van der Waals surface area contributed by atoms with E-state index in [2.05, 4.69) is 5.32 Å². The number of carbonyl (C=O) groups excluding carboxylic acids is 2. The van der Waals surface area contributed by atoms with Gasteiger partial charge in [0.1, 0.15) is 17.9 Å². The quantitative estimate of drug-likeness (QED) is 0.0870. The molecule has 1 N–H and O–H groups in total. The molecule has 0 aromatic heterocycles. The first-order chi connectivity index (χ1) is 27.2. The van der Waals surface area contributed by atoms with Crippen LogP contribution in [-0.2, 0) is 20.7 Å². The maximum atomic E-state index is 15.2. The van der Waals surface area contributed by atoms with E-state index in [9.17, 15) is 9.59 Å². The monoisotopic (exact) mass is 775 g/mol. The number of benzene rings is 4. The van der Waals surface area contributed by atoms with Crippen LogP contribution in [0.3, 0.4) is 0 Å². The summed E-state index contributed by atoms with van der Waals surface area (Å²) in [5.74, 6) is 2.44. The van der Waals surface area contributed by atoms with E-state index in [1.165, 1.54) is 46.6 Å². The van der Waals surface area contributed by atoms with Gasteiger partial charge in [-0.05, 0) is 77.7 Å². The van der Waals surface area contributed by atoms with Gasteiger partial charge in [-0.3, -0.25) is 4.79 Å². The van der Waals surface area contributed by atoms with Crippen molar-refractivity contribution in [1.29, 1.82) is 0 Å². The van der Waals surface area contributed by atoms with Crippen LogP contribution in [0.2, 0.25) is 0 Å². The lowest BCUT2D eigenvalue weighted by Crippen LogP contribution is -2.43. The van der Waals surface area contributed by atoms with Crippen LogP contribution in [0.15, 0.2) is 60.7 Å². The second-order valence-corrected chi connectivity index (χ2v) is 12.5. The highest BCUT2D eigenvalue weighted by molar-refractivity contribution is 6.24. The van der Waals surface area contributed by atoms with Crippen molar-refractivity contribution in [1.82, 2.24) is 5.32 Å². The molecule has 0 saturated carbocycles. The Labute approximate surface area is 325 Å². The van der Waals surface area contributed by atoms with E-state index in [1.54, 1.807) is 46.6 Å². The van der Waals surface area contributed by atoms with Gasteiger partial charge in [0.25, 0.3) is 5.91 Å². The molecule has 13 nitrogen and oxygen atoms in total. The molecule has 0 spiro atoms. The number of halogens is 1. The molecule has 1 amide bonds. The van der Waals surface area contributed by atoms with Gasteiger partial charge in [0, 0.05) is 36.1 Å². The number of amides is 1. The van der Waals surface area contributed by atoms with Crippen LogP contribution in [0.25, 0.3) is 11.6 Å². The molecule has 2 aliphatic rings. The van der Waals surface area contributed by atoms with Crippen molar-refractivity contribution >= 4 is 23.8 Å². The molecule has 4 aromatic rings. The van der Waals surface area contributed by atoms with E-state index in [1.807, 2.05) is 30.3 Å². The van der Waals surface area contributed by atoms with Crippen molar-refractivity contribution < 1.29 is 61.3 Å². The number of aldehydes is 1. The topological polar surface area (TPSA) is 138 Å². The summed E-state index contributed by atoms with van der Waals surface area (Å²) in [6.45, 7) is 0.286. The zero-order chi connectivity index (χ0) is 40.4. The number of carbonyl (C=O) groups is 2. The van der Waals surface area contributed by atoms with E-state index >= 15 is 4.39 Å². The van der Waals surface area contributed by atoms with Crippen LogP contribution in [0, 0.1) is 17.7 Å². The predicted octanol–water partition coefficient (Wildman–Crippen LogP) is 6.33. The fourth-order valence-corrected chi connectivity index (χ4v) is 6.76. The second kappa shape index (κ2) is 18.9. The summed E-state index contributed by atoms with van der Waals surface area (Å²) < 4.78 is 68.9. The molecule has 56 heavy (non-hydrogen) atoms. The third kappa shape index (κ3) is 8.70. The van der Waals surface area contributed by atoms with Crippen molar-refractivity contribution in [2.75, 3.05) is 70.3 Å². The smallest absolute Gasteiger partial charge is 0.252 e. The van der Waals surface area contributed by atoms with E-state index in [4.69, 9.17) is 47.4 Å². The number of ether oxygens (including phenoxy) is 10. The van der Waals surface area contributed by atoms with Crippen LogP contribution in [0.5, 0.6) is 51.7 Å². The first kappa shape index (κ1) is 41.0. The summed E-state index contributed by atoms with van der Waals surface area (Å²) >= 11 is 0. The van der Waals surface area contributed by atoms with Crippen LogP contribution in [0.4, 0.5) is 4.39 Å². The number of para-hydroxylation sites is 1. The van der Waals surface area contributed by atoms with E-state index in [-0.39, 0.29) is 24.5 Å². The maximum Gasteiger partial charge on any atom is 0.252 e. The highest BCUT2D eigenvalue weighted by Gasteiger charge is 2.39. The van der Waals surface area contributed by atoms with Crippen molar-refractivity contribution in [3.8, 4) is 51.7 Å².